The fourth-order valence-corrected chi connectivity index (χ4v) is 21.0. The zero-order valence-corrected chi connectivity index (χ0v) is 17.9. The van der Waals surface area contributed by atoms with Crippen molar-refractivity contribution in [3.63, 3.8) is 0 Å². The molecule has 1 atom stereocenters. The van der Waals surface area contributed by atoms with Gasteiger partial charge in [0.1, 0.15) is 0 Å². The predicted octanol–water partition coefficient (Wildman–Crippen LogP) is 6.75. The Balaban J connectivity index is 2.27. The molecule has 1 heterocycles. The SMILES string of the molecule is CCC[CH2][Sn]([CH2]CCC)([CH2]CCC)[C]1=CN=C2C=C(F)C=CC12. The Labute approximate surface area is 145 Å². The summed E-state index contributed by atoms with van der Waals surface area (Å²) in [5, 5.41) is 0. The summed E-state index contributed by atoms with van der Waals surface area (Å²) >= 11 is -2.42. The van der Waals surface area contributed by atoms with E-state index in [-0.39, 0.29) is 5.83 Å². The van der Waals surface area contributed by atoms with Gasteiger partial charge in [0.25, 0.3) is 0 Å². The summed E-state index contributed by atoms with van der Waals surface area (Å²) in [5.41, 5.74) is 0.950. The van der Waals surface area contributed by atoms with Gasteiger partial charge >= 0.3 is 146 Å². The van der Waals surface area contributed by atoms with Gasteiger partial charge in [-0.15, -0.1) is 0 Å². The third-order valence-corrected chi connectivity index (χ3v) is 21.4. The maximum atomic E-state index is 13.5. The molecule has 0 saturated carbocycles. The Bertz CT molecular complexity index is 494. The molecular formula is C20H32FNSn. The Morgan fingerprint density at radius 1 is 1.00 bits per heavy atom. The van der Waals surface area contributed by atoms with Gasteiger partial charge in [-0.1, -0.05) is 0 Å². The van der Waals surface area contributed by atoms with Crippen LogP contribution in [0.1, 0.15) is 59.3 Å². The second kappa shape index (κ2) is 9.19. The van der Waals surface area contributed by atoms with E-state index < -0.39 is 18.4 Å². The summed E-state index contributed by atoms with van der Waals surface area (Å²) in [6, 6.07) is 0. The van der Waals surface area contributed by atoms with Gasteiger partial charge in [-0.05, 0) is 0 Å². The van der Waals surface area contributed by atoms with E-state index in [0.29, 0.717) is 5.92 Å². The van der Waals surface area contributed by atoms with Crippen molar-refractivity contribution in [3.8, 4) is 0 Å². The molecule has 0 radical (unpaired) electrons. The van der Waals surface area contributed by atoms with Crippen LogP contribution in [0, 0.1) is 5.92 Å². The number of hydrogen-bond donors (Lipinski definition) is 0. The van der Waals surface area contributed by atoms with Gasteiger partial charge in [0.15, 0.2) is 0 Å². The number of unbranched alkanes of at least 4 members (excludes halogenated alkanes) is 3. The van der Waals surface area contributed by atoms with Gasteiger partial charge < -0.3 is 0 Å². The molecule has 2 rings (SSSR count). The molecule has 23 heavy (non-hydrogen) atoms. The number of rotatable bonds is 10. The number of aliphatic imine (C=N–C) groups is 1. The second-order valence-corrected chi connectivity index (χ2v) is 20.3. The molecule has 0 saturated heterocycles. The molecular weight excluding hydrogens is 392 g/mol. The van der Waals surface area contributed by atoms with Crippen molar-refractivity contribution in [2.75, 3.05) is 0 Å². The van der Waals surface area contributed by atoms with Crippen molar-refractivity contribution >= 4 is 24.1 Å². The Kier molecular flexibility index (Phi) is 7.57. The molecule has 2 aliphatic rings. The summed E-state index contributed by atoms with van der Waals surface area (Å²) < 4.78 is 19.6. The molecule has 0 N–H and O–H groups in total. The number of nitrogens with zero attached hydrogens (tertiary/aromatic N) is 1. The third kappa shape index (κ3) is 4.58. The Morgan fingerprint density at radius 3 is 2.09 bits per heavy atom. The van der Waals surface area contributed by atoms with Crippen LogP contribution in [0.5, 0.6) is 0 Å². The first-order valence-electron chi connectivity index (χ1n) is 9.50. The zero-order valence-electron chi connectivity index (χ0n) is 15.1. The summed E-state index contributed by atoms with van der Waals surface area (Å²) in [6.45, 7) is 6.92. The molecule has 1 aliphatic heterocycles. The average Bonchev–Trinajstić information content (AvgIpc) is 2.98. The molecule has 0 amide bonds. The minimum absolute atomic E-state index is 0.147. The molecule has 1 aliphatic carbocycles. The Hall–Kier alpha value is -0.381. The molecule has 1 unspecified atom stereocenters. The average molecular weight is 424 g/mol. The molecule has 0 bridgehead atoms. The molecule has 1 nitrogen and oxygen atoms in total. The predicted molar refractivity (Wildman–Crippen MR) is 102 cm³/mol. The molecule has 0 fully saturated rings. The molecule has 0 spiro atoms. The van der Waals surface area contributed by atoms with Crippen molar-refractivity contribution < 1.29 is 4.39 Å². The van der Waals surface area contributed by atoms with E-state index in [9.17, 15) is 4.39 Å². The van der Waals surface area contributed by atoms with E-state index in [4.69, 9.17) is 0 Å². The molecule has 3 heteroatoms. The van der Waals surface area contributed by atoms with E-state index in [0.717, 1.165) is 5.71 Å². The van der Waals surface area contributed by atoms with Crippen molar-refractivity contribution in [1.82, 2.24) is 0 Å². The van der Waals surface area contributed by atoms with Crippen molar-refractivity contribution in [3.05, 3.63) is 33.8 Å². The third-order valence-electron chi connectivity index (χ3n) is 5.38. The standard InChI is InChI=1S/C8H5FN.3C4H9.Sn/c9-7-2-1-6-3-4-10-8(6)5-7;3*1-3-4-2;/h1-2,4-6H;3*1,3-4H2,2H3;. The van der Waals surface area contributed by atoms with Gasteiger partial charge in [0, 0.05) is 0 Å². The van der Waals surface area contributed by atoms with E-state index in [2.05, 4.69) is 38.0 Å². The summed E-state index contributed by atoms with van der Waals surface area (Å²) in [5.74, 6) is 0.155. The Morgan fingerprint density at radius 2 is 1.57 bits per heavy atom. The first-order valence-corrected chi connectivity index (χ1v) is 17.0. The quantitative estimate of drug-likeness (QED) is 0.344. The van der Waals surface area contributed by atoms with Gasteiger partial charge in [-0.3, -0.25) is 0 Å². The van der Waals surface area contributed by atoms with Crippen LogP contribution in [0.25, 0.3) is 0 Å². The number of allylic oxidation sites excluding steroid dienone is 5. The van der Waals surface area contributed by atoms with Crippen LogP contribution in [0.15, 0.2) is 38.8 Å². The van der Waals surface area contributed by atoms with Crippen LogP contribution in [0.3, 0.4) is 0 Å². The monoisotopic (exact) mass is 425 g/mol. The van der Waals surface area contributed by atoms with Crippen LogP contribution in [0.2, 0.25) is 13.3 Å². The van der Waals surface area contributed by atoms with E-state index in [1.807, 2.05) is 0 Å². The molecule has 0 aromatic heterocycles. The van der Waals surface area contributed by atoms with Gasteiger partial charge in [-0.2, -0.15) is 0 Å². The summed E-state index contributed by atoms with van der Waals surface area (Å²) in [7, 11) is 0. The van der Waals surface area contributed by atoms with Crippen LogP contribution in [-0.2, 0) is 0 Å². The second-order valence-electron chi connectivity index (χ2n) is 7.10. The molecule has 0 aromatic carbocycles. The van der Waals surface area contributed by atoms with E-state index in [1.54, 1.807) is 15.7 Å². The van der Waals surface area contributed by atoms with Crippen LogP contribution in [-0.4, -0.2) is 24.1 Å². The summed E-state index contributed by atoms with van der Waals surface area (Å²) in [4.78, 5) is 4.62. The van der Waals surface area contributed by atoms with Gasteiger partial charge in [0.05, 0.1) is 0 Å². The van der Waals surface area contributed by atoms with Crippen molar-refractivity contribution in [2.45, 2.75) is 72.6 Å². The van der Waals surface area contributed by atoms with Crippen LogP contribution < -0.4 is 0 Å². The van der Waals surface area contributed by atoms with Crippen molar-refractivity contribution in [1.29, 1.82) is 0 Å². The maximum absolute atomic E-state index is 13.5. The number of halogens is 1. The normalized spacial score (nSPS) is 20.2. The summed E-state index contributed by atoms with van der Waals surface area (Å²) in [6.07, 6.45) is 15.5. The fourth-order valence-electron chi connectivity index (χ4n) is 3.99. The van der Waals surface area contributed by atoms with E-state index >= 15 is 0 Å². The molecule has 0 aromatic rings. The van der Waals surface area contributed by atoms with Gasteiger partial charge in [-0.25, -0.2) is 0 Å². The van der Waals surface area contributed by atoms with Gasteiger partial charge in [0.2, 0.25) is 0 Å². The van der Waals surface area contributed by atoms with Crippen LogP contribution in [0.4, 0.5) is 4.39 Å². The zero-order chi connectivity index (χ0) is 16.7. The number of hydrogen-bond acceptors (Lipinski definition) is 1. The first kappa shape index (κ1) is 19.0. The van der Waals surface area contributed by atoms with Crippen LogP contribution >= 0.6 is 0 Å². The molecule has 128 valence electrons. The van der Waals surface area contributed by atoms with E-state index in [1.165, 1.54) is 51.8 Å². The first-order chi connectivity index (χ1) is 11.2. The minimum atomic E-state index is -2.42. The topological polar surface area (TPSA) is 12.4 Å². The number of fused-ring (bicyclic) bond motifs is 1. The van der Waals surface area contributed by atoms with Crippen molar-refractivity contribution in [2.24, 2.45) is 10.9 Å². The fraction of sp³-hybridized carbons (Fsp3) is 0.650.